The number of hydrogen-bond acceptors (Lipinski definition) is 6. The summed E-state index contributed by atoms with van der Waals surface area (Å²) in [6.07, 6.45) is 3.55. The monoisotopic (exact) mass is 540 g/mol. The summed E-state index contributed by atoms with van der Waals surface area (Å²) in [6.45, 7) is 14.9. The third-order valence-corrected chi connectivity index (χ3v) is 7.29. The number of rotatable bonds is 9. The zero-order valence-corrected chi connectivity index (χ0v) is 24.2. The lowest BCUT2D eigenvalue weighted by atomic mass is 9.79. The summed E-state index contributed by atoms with van der Waals surface area (Å²) in [5.41, 5.74) is -1.40. The van der Waals surface area contributed by atoms with E-state index in [4.69, 9.17) is 4.74 Å². The molecule has 2 aliphatic rings. The summed E-state index contributed by atoms with van der Waals surface area (Å²) in [6, 6.07) is -2.62. The van der Waals surface area contributed by atoms with E-state index in [2.05, 4.69) is 31.7 Å². The molecule has 0 spiro atoms. The first-order valence-corrected chi connectivity index (χ1v) is 13.6. The number of nitrogens with zero attached hydrogens (tertiary/aromatic N) is 1. The molecule has 1 aliphatic carbocycles. The number of aliphatic hydroxyl groups is 1. The van der Waals surface area contributed by atoms with E-state index in [1.165, 1.54) is 4.90 Å². The van der Waals surface area contributed by atoms with E-state index in [0.717, 1.165) is 19.3 Å². The van der Waals surface area contributed by atoms with Gasteiger partial charge in [0.15, 0.2) is 6.10 Å². The van der Waals surface area contributed by atoms with Crippen LogP contribution in [-0.2, 0) is 19.1 Å². The van der Waals surface area contributed by atoms with Crippen molar-refractivity contribution in [3.8, 4) is 0 Å². The van der Waals surface area contributed by atoms with Crippen LogP contribution in [-0.4, -0.2) is 70.2 Å². The lowest BCUT2D eigenvalue weighted by Crippen LogP contribution is -2.60. The fraction of sp³-hybridized carbons (Fsp3) is 0.769. The van der Waals surface area contributed by atoms with Crippen LogP contribution in [0.15, 0.2) is 12.7 Å². The highest BCUT2D eigenvalue weighted by Crippen LogP contribution is 2.33. The number of hydrogen-bond donors (Lipinski definition) is 4. The average Bonchev–Trinajstić information content (AvgIpc) is 3.19. The molecule has 0 aromatic heterocycles. The van der Waals surface area contributed by atoms with Gasteiger partial charge in [-0.15, -0.1) is 6.58 Å². The second-order valence-electron chi connectivity index (χ2n) is 12.2. The minimum Gasteiger partial charge on any atom is -0.444 e. The number of nitrogens with one attached hydrogen (secondary N) is 3. The minimum atomic E-state index is -1.43. The first-order chi connectivity index (χ1) is 17.1. The Morgan fingerprint density at radius 2 is 1.73 bits per heavy atom. The number of alkyl carbamates (subject to hydrolysis) is 1. The van der Waals surface area contributed by atoms with Crippen LogP contribution >= 0.6 is 9.39 Å². The summed E-state index contributed by atoms with van der Waals surface area (Å²) in [7, 11) is 2.06. The highest BCUT2D eigenvalue weighted by Gasteiger charge is 2.46. The van der Waals surface area contributed by atoms with E-state index < -0.39 is 59.1 Å². The Labute approximate surface area is 223 Å². The Kier molecular flexibility index (Phi) is 10.5. The van der Waals surface area contributed by atoms with E-state index >= 15 is 0 Å². The van der Waals surface area contributed by atoms with Crippen molar-refractivity contribution in [1.29, 1.82) is 0 Å². The van der Waals surface area contributed by atoms with Gasteiger partial charge in [0.2, 0.25) is 11.8 Å². The van der Waals surface area contributed by atoms with Crippen LogP contribution in [0.25, 0.3) is 0 Å². The fourth-order valence-corrected chi connectivity index (χ4v) is 4.95. The van der Waals surface area contributed by atoms with Crippen LogP contribution in [0.1, 0.15) is 73.6 Å². The van der Waals surface area contributed by atoms with Crippen molar-refractivity contribution < 1.29 is 29.0 Å². The molecule has 1 saturated heterocycles. The number of amides is 4. The summed E-state index contributed by atoms with van der Waals surface area (Å²) in [5, 5.41) is 18.5. The van der Waals surface area contributed by atoms with Gasteiger partial charge in [0.25, 0.3) is 5.91 Å². The maximum atomic E-state index is 13.8. The minimum absolute atomic E-state index is 0.304. The molecule has 37 heavy (non-hydrogen) atoms. The van der Waals surface area contributed by atoms with Gasteiger partial charge in [-0.25, -0.2) is 4.79 Å². The number of carbonyl (C=O) groups excluding carboxylic acids is 4. The Balaban J connectivity index is 2.28. The zero-order valence-electron chi connectivity index (χ0n) is 23.0. The van der Waals surface area contributed by atoms with E-state index in [1.807, 2.05) is 20.8 Å². The van der Waals surface area contributed by atoms with Crippen LogP contribution in [0.3, 0.4) is 0 Å². The van der Waals surface area contributed by atoms with Crippen molar-refractivity contribution in [2.24, 2.45) is 17.3 Å². The van der Waals surface area contributed by atoms with E-state index in [1.54, 1.807) is 26.8 Å². The molecule has 0 aromatic carbocycles. The first kappa shape index (κ1) is 31.0. The van der Waals surface area contributed by atoms with Crippen molar-refractivity contribution in [3.63, 3.8) is 0 Å². The number of ether oxygens (including phenoxy) is 1. The first-order valence-electron chi connectivity index (χ1n) is 13.0. The van der Waals surface area contributed by atoms with Gasteiger partial charge in [-0.1, -0.05) is 46.1 Å². The Bertz CT molecular complexity index is 864. The molecule has 1 aliphatic heterocycles. The predicted molar refractivity (Wildman–Crippen MR) is 144 cm³/mol. The van der Waals surface area contributed by atoms with Crippen LogP contribution < -0.4 is 15.7 Å². The standard InChI is InChI=1S/C26H45N4O6P/c1-8-16-12-13-30(23(34)20(25(2,3)4)28-24(35)36-26(5,6)7)18(16)21(32)27-17(14-15-10-9-11-15)19(31)22(33)29-37/h8,15-20,31H,1,9-14,37H2,2-7H3,(H,27,32)(H,28,35)(H,29,33)/t16-,17?,18-,19?,20+/m0/s1. The van der Waals surface area contributed by atoms with Gasteiger partial charge in [-0.3, -0.25) is 14.4 Å². The normalized spacial score (nSPS) is 22.8. The Morgan fingerprint density at radius 1 is 1.11 bits per heavy atom. The number of likely N-dealkylation sites (tertiary alicyclic amines) is 1. The van der Waals surface area contributed by atoms with Gasteiger partial charge < -0.3 is 30.5 Å². The van der Waals surface area contributed by atoms with Gasteiger partial charge in [-0.2, -0.15) is 0 Å². The SMILES string of the molecule is C=C[C@H]1CCN(C(=O)[C@@H](NC(=O)OC(C)(C)C)C(C)(C)C)[C@@H]1C(=O)NC(CC1CCC1)C(O)C(=O)NP. The summed E-state index contributed by atoms with van der Waals surface area (Å²) in [4.78, 5) is 53.6. The fourth-order valence-electron chi connectivity index (χ4n) is 4.78. The molecule has 2 fully saturated rings. The topological polar surface area (TPSA) is 137 Å². The second-order valence-corrected chi connectivity index (χ2v) is 12.5. The highest BCUT2D eigenvalue weighted by atomic mass is 31.0. The second kappa shape index (κ2) is 12.6. The quantitative estimate of drug-likeness (QED) is 0.262. The van der Waals surface area contributed by atoms with Crippen molar-refractivity contribution in [3.05, 3.63) is 12.7 Å². The highest BCUT2D eigenvalue weighted by molar-refractivity contribution is 7.15. The molecule has 2 rings (SSSR count). The van der Waals surface area contributed by atoms with E-state index in [-0.39, 0.29) is 5.92 Å². The smallest absolute Gasteiger partial charge is 0.408 e. The van der Waals surface area contributed by atoms with Gasteiger partial charge in [-0.05, 0) is 54.3 Å². The average molecular weight is 541 g/mol. The zero-order chi connectivity index (χ0) is 28.1. The van der Waals surface area contributed by atoms with E-state index in [9.17, 15) is 24.3 Å². The summed E-state index contributed by atoms with van der Waals surface area (Å²) >= 11 is 0. The molecule has 1 heterocycles. The molecule has 4 amide bonds. The molecule has 3 unspecified atom stereocenters. The maximum Gasteiger partial charge on any atom is 0.408 e. The summed E-state index contributed by atoms with van der Waals surface area (Å²) in [5.74, 6) is -1.47. The Morgan fingerprint density at radius 3 is 2.19 bits per heavy atom. The largest absolute Gasteiger partial charge is 0.444 e. The molecule has 11 heteroatoms. The van der Waals surface area contributed by atoms with Gasteiger partial charge >= 0.3 is 6.09 Å². The lowest BCUT2D eigenvalue weighted by molar-refractivity contribution is -0.143. The molecule has 10 nitrogen and oxygen atoms in total. The predicted octanol–water partition coefficient (Wildman–Crippen LogP) is 2.27. The van der Waals surface area contributed by atoms with Crippen LogP contribution in [0.2, 0.25) is 0 Å². The van der Waals surface area contributed by atoms with Crippen LogP contribution in [0.4, 0.5) is 4.79 Å². The van der Waals surface area contributed by atoms with Crippen LogP contribution in [0.5, 0.6) is 0 Å². The lowest BCUT2D eigenvalue weighted by Gasteiger charge is -2.37. The van der Waals surface area contributed by atoms with Crippen LogP contribution in [0, 0.1) is 17.3 Å². The molecule has 0 radical (unpaired) electrons. The Hall–Kier alpha value is -2.19. The molecule has 6 atom stereocenters. The third kappa shape index (κ3) is 8.40. The summed E-state index contributed by atoms with van der Waals surface area (Å²) < 4.78 is 5.37. The number of aliphatic hydroxyl groups excluding tert-OH is 1. The maximum absolute atomic E-state index is 13.8. The van der Waals surface area contributed by atoms with Crippen molar-refractivity contribution in [2.45, 2.75) is 103 Å². The molecule has 1 saturated carbocycles. The number of carbonyl (C=O) groups is 4. The van der Waals surface area contributed by atoms with Gasteiger partial charge in [0.1, 0.15) is 17.7 Å². The molecule has 4 N–H and O–H groups in total. The van der Waals surface area contributed by atoms with E-state index in [0.29, 0.717) is 25.3 Å². The van der Waals surface area contributed by atoms with Crippen molar-refractivity contribution in [1.82, 2.24) is 20.6 Å². The molecule has 0 bridgehead atoms. The molecular formula is C26H45N4O6P. The van der Waals surface area contributed by atoms with Gasteiger partial charge in [0, 0.05) is 12.5 Å². The van der Waals surface area contributed by atoms with Crippen molar-refractivity contribution >= 4 is 33.2 Å². The molecular weight excluding hydrogens is 495 g/mol. The van der Waals surface area contributed by atoms with Gasteiger partial charge in [0.05, 0.1) is 6.04 Å². The molecule has 210 valence electrons. The van der Waals surface area contributed by atoms with Crippen molar-refractivity contribution in [2.75, 3.05) is 6.54 Å². The third-order valence-electron chi connectivity index (χ3n) is 7.00. The molecule has 0 aromatic rings.